The van der Waals surface area contributed by atoms with Gasteiger partial charge >= 0.3 is 12.0 Å². The van der Waals surface area contributed by atoms with Crippen molar-refractivity contribution in [3.05, 3.63) is 41.5 Å². The average molecular weight is 444 g/mol. The number of nitrogens with zero attached hydrogens (tertiary/aromatic N) is 1. The summed E-state index contributed by atoms with van der Waals surface area (Å²) in [6.07, 6.45) is 0.595. The standard InChI is InChI=1S/C23H28N2O7/c1-28-15-6-7-19(29-2)17(11-15)24-23(27)25-9-8-14-10-20(30-3)21(31-4)12-16(14)18(25)13-22(26)32-5/h6-7,10-12,18H,8-9,13H2,1-5H3,(H,24,27)/t18-/m1/s1. The minimum atomic E-state index is -0.539. The van der Waals surface area contributed by atoms with Gasteiger partial charge in [-0.3, -0.25) is 4.79 Å². The van der Waals surface area contributed by atoms with Crippen LogP contribution in [-0.4, -0.2) is 59.0 Å². The van der Waals surface area contributed by atoms with E-state index >= 15 is 0 Å². The fraction of sp³-hybridized carbons (Fsp3) is 0.391. The number of nitrogens with one attached hydrogen (secondary N) is 1. The van der Waals surface area contributed by atoms with Gasteiger partial charge in [-0.05, 0) is 41.8 Å². The number of rotatable bonds is 7. The van der Waals surface area contributed by atoms with Crippen molar-refractivity contribution in [3.8, 4) is 23.0 Å². The third-order valence-corrected chi connectivity index (χ3v) is 5.50. The maximum absolute atomic E-state index is 13.3. The molecule has 0 aliphatic carbocycles. The van der Waals surface area contributed by atoms with Gasteiger partial charge in [-0.1, -0.05) is 0 Å². The summed E-state index contributed by atoms with van der Waals surface area (Å²) in [5, 5.41) is 2.88. The summed E-state index contributed by atoms with van der Waals surface area (Å²) in [7, 11) is 7.51. The van der Waals surface area contributed by atoms with Crippen LogP contribution in [0.4, 0.5) is 10.5 Å². The zero-order valence-corrected chi connectivity index (χ0v) is 18.9. The Labute approximate surface area is 187 Å². The Morgan fingerprint density at radius 2 is 1.62 bits per heavy atom. The fourth-order valence-electron chi connectivity index (χ4n) is 3.83. The predicted octanol–water partition coefficient (Wildman–Crippen LogP) is 3.42. The molecule has 9 heteroatoms. The first-order valence-electron chi connectivity index (χ1n) is 10.1. The molecule has 2 aromatic rings. The molecule has 1 atom stereocenters. The maximum atomic E-state index is 13.3. The van der Waals surface area contributed by atoms with Crippen LogP contribution in [-0.2, 0) is 16.0 Å². The molecule has 0 radical (unpaired) electrons. The summed E-state index contributed by atoms with van der Waals surface area (Å²) in [5.41, 5.74) is 2.26. The van der Waals surface area contributed by atoms with E-state index in [0.29, 0.717) is 41.7 Å². The van der Waals surface area contributed by atoms with Gasteiger partial charge in [-0.15, -0.1) is 0 Å². The van der Waals surface area contributed by atoms with Gasteiger partial charge in [0.15, 0.2) is 11.5 Å². The number of esters is 1. The first-order chi connectivity index (χ1) is 15.4. The van der Waals surface area contributed by atoms with Crippen molar-refractivity contribution in [3.63, 3.8) is 0 Å². The third kappa shape index (κ3) is 4.66. The molecule has 0 unspecified atom stereocenters. The number of methoxy groups -OCH3 is 5. The van der Waals surface area contributed by atoms with E-state index in [1.165, 1.54) is 14.2 Å². The summed E-state index contributed by atoms with van der Waals surface area (Å²) in [4.78, 5) is 27.1. The van der Waals surface area contributed by atoms with Crippen molar-refractivity contribution >= 4 is 17.7 Å². The molecule has 3 rings (SSSR count). The zero-order valence-electron chi connectivity index (χ0n) is 18.9. The van der Waals surface area contributed by atoms with Crippen LogP contribution in [0, 0.1) is 0 Å². The van der Waals surface area contributed by atoms with Crippen molar-refractivity contribution in [2.75, 3.05) is 47.4 Å². The molecular weight excluding hydrogens is 416 g/mol. The molecule has 1 aliphatic rings. The van der Waals surface area contributed by atoms with E-state index in [1.54, 1.807) is 44.4 Å². The summed E-state index contributed by atoms with van der Waals surface area (Å²) >= 11 is 0. The smallest absolute Gasteiger partial charge is 0.322 e. The highest BCUT2D eigenvalue weighted by Crippen LogP contribution is 2.40. The van der Waals surface area contributed by atoms with E-state index in [2.05, 4.69) is 5.32 Å². The van der Waals surface area contributed by atoms with Crippen LogP contribution >= 0.6 is 0 Å². The molecule has 2 amide bonds. The molecule has 2 aromatic carbocycles. The summed E-state index contributed by atoms with van der Waals surface area (Å²) in [6.45, 7) is 0.405. The lowest BCUT2D eigenvalue weighted by atomic mass is 9.90. The second-order valence-electron chi connectivity index (χ2n) is 7.14. The molecule has 0 spiro atoms. The molecule has 0 fully saturated rings. The van der Waals surface area contributed by atoms with E-state index < -0.39 is 12.0 Å². The topological polar surface area (TPSA) is 95.6 Å². The minimum Gasteiger partial charge on any atom is -0.497 e. The SMILES string of the molecule is COC(=O)C[C@@H]1c2cc(OC)c(OC)cc2CCN1C(=O)Nc1cc(OC)ccc1OC. The molecule has 0 bridgehead atoms. The van der Waals surface area contributed by atoms with Crippen molar-refractivity contribution in [1.82, 2.24) is 4.90 Å². The number of anilines is 1. The van der Waals surface area contributed by atoms with Crippen LogP contribution in [0.25, 0.3) is 0 Å². The molecular formula is C23H28N2O7. The summed E-state index contributed by atoms with van der Waals surface area (Å²) < 4.78 is 26.4. The minimum absolute atomic E-state index is 0.00164. The molecule has 1 aliphatic heterocycles. The first-order valence-corrected chi connectivity index (χ1v) is 10.1. The van der Waals surface area contributed by atoms with Crippen molar-refractivity contribution < 1.29 is 33.3 Å². The average Bonchev–Trinajstić information content (AvgIpc) is 2.82. The summed E-state index contributed by atoms with van der Waals surface area (Å²) in [6, 6.07) is 7.92. The second-order valence-corrected chi connectivity index (χ2v) is 7.14. The number of amides is 2. The molecule has 172 valence electrons. The van der Waals surface area contributed by atoms with Gasteiger partial charge < -0.3 is 33.9 Å². The Kier molecular flexibility index (Phi) is 7.29. The Morgan fingerprint density at radius 3 is 2.25 bits per heavy atom. The van der Waals surface area contributed by atoms with Crippen LogP contribution in [0.3, 0.4) is 0 Å². The Bertz CT molecular complexity index is 993. The second kappa shape index (κ2) is 10.1. The lowest BCUT2D eigenvalue weighted by Crippen LogP contribution is -2.43. The Morgan fingerprint density at radius 1 is 0.938 bits per heavy atom. The lowest BCUT2D eigenvalue weighted by Gasteiger charge is -2.37. The largest absolute Gasteiger partial charge is 0.497 e. The lowest BCUT2D eigenvalue weighted by molar-refractivity contribution is -0.141. The number of ether oxygens (including phenoxy) is 5. The molecule has 1 N–H and O–H groups in total. The van der Waals surface area contributed by atoms with E-state index in [4.69, 9.17) is 23.7 Å². The number of benzene rings is 2. The monoisotopic (exact) mass is 444 g/mol. The molecule has 0 saturated carbocycles. The van der Waals surface area contributed by atoms with Crippen molar-refractivity contribution in [2.45, 2.75) is 18.9 Å². The highest BCUT2D eigenvalue weighted by Gasteiger charge is 2.34. The van der Waals surface area contributed by atoms with E-state index in [-0.39, 0.29) is 12.5 Å². The van der Waals surface area contributed by atoms with Gasteiger partial charge in [-0.25, -0.2) is 4.79 Å². The Hall–Kier alpha value is -3.62. The normalized spacial score (nSPS) is 14.8. The predicted molar refractivity (Wildman–Crippen MR) is 118 cm³/mol. The van der Waals surface area contributed by atoms with Crippen LogP contribution in [0.1, 0.15) is 23.6 Å². The Balaban J connectivity index is 1.97. The van der Waals surface area contributed by atoms with Gasteiger partial charge in [0.05, 0.1) is 53.7 Å². The van der Waals surface area contributed by atoms with Gasteiger partial charge in [0, 0.05) is 12.6 Å². The highest BCUT2D eigenvalue weighted by atomic mass is 16.5. The molecule has 9 nitrogen and oxygen atoms in total. The fourth-order valence-corrected chi connectivity index (χ4v) is 3.83. The van der Waals surface area contributed by atoms with Crippen LogP contribution < -0.4 is 24.3 Å². The van der Waals surface area contributed by atoms with Gasteiger partial charge in [0.1, 0.15) is 11.5 Å². The van der Waals surface area contributed by atoms with E-state index in [1.807, 2.05) is 12.1 Å². The summed E-state index contributed by atoms with van der Waals surface area (Å²) in [5.74, 6) is 1.77. The van der Waals surface area contributed by atoms with Crippen LogP contribution in [0.2, 0.25) is 0 Å². The van der Waals surface area contributed by atoms with Crippen molar-refractivity contribution in [1.29, 1.82) is 0 Å². The quantitative estimate of drug-likeness (QED) is 0.654. The third-order valence-electron chi connectivity index (χ3n) is 5.50. The zero-order chi connectivity index (χ0) is 23.3. The van der Waals surface area contributed by atoms with Crippen molar-refractivity contribution in [2.24, 2.45) is 0 Å². The van der Waals surface area contributed by atoms with Gasteiger partial charge in [-0.2, -0.15) is 0 Å². The van der Waals surface area contributed by atoms with Crippen LogP contribution in [0.5, 0.6) is 23.0 Å². The molecule has 32 heavy (non-hydrogen) atoms. The van der Waals surface area contributed by atoms with Gasteiger partial charge in [0.2, 0.25) is 0 Å². The number of carbonyl (C=O) groups excluding carboxylic acids is 2. The number of hydrogen-bond acceptors (Lipinski definition) is 7. The molecule has 1 heterocycles. The molecule has 0 aromatic heterocycles. The van der Waals surface area contributed by atoms with E-state index in [0.717, 1.165) is 11.1 Å². The number of carbonyl (C=O) groups is 2. The number of hydrogen-bond donors (Lipinski definition) is 1. The number of urea groups is 1. The maximum Gasteiger partial charge on any atom is 0.322 e. The van der Waals surface area contributed by atoms with Crippen LogP contribution in [0.15, 0.2) is 30.3 Å². The number of fused-ring (bicyclic) bond motifs is 1. The van der Waals surface area contributed by atoms with Gasteiger partial charge in [0.25, 0.3) is 0 Å². The highest BCUT2D eigenvalue weighted by molar-refractivity contribution is 5.92. The molecule has 0 saturated heterocycles. The van der Waals surface area contributed by atoms with E-state index in [9.17, 15) is 9.59 Å². The first kappa shape index (κ1) is 23.1.